The minimum atomic E-state index is -1.81. The van der Waals surface area contributed by atoms with Gasteiger partial charge in [0.1, 0.15) is 17.5 Å². The first-order chi connectivity index (χ1) is 25.3. The van der Waals surface area contributed by atoms with Gasteiger partial charge in [-0.3, -0.25) is 19.2 Å². The molecule has 0 bridgehead atoms. The van der Waals surface area contributed by atoms with Gasteiger partial charge in [-0.05, 0) is 68.0 Å². The van der Waals surface area contributed by atoms with Gasteiger partial charge in [-0.25, -0.2) is 0 Å². The van der Waals surface area contributed by atoms with Gasteiger partial charge in [0.15, 0.2) is 24.8 Å². The van der Waals surface area contributed by atoms with E-state index in [4.69, 9.17) is 33.2 Å². The SMILES string of the molecule is CC[C@H]1OC(=O)[C@H](C)[C@@H](O[C@H]2C[C@@](C)(O)[C@@H](OC(C)=O)[C@H](C)O2)[C@H](C)[C@@H](O[C@@H]2O[C@H](C)C[C@H](N(C)C)[C@H]2OC(C)=O)[C@](C)(O)C[C@@H](C)C(=O)[C@H](C)[C@@H](O)[C@H]1C. The number of hydrogen-bond acceptors (Lipinski definition) is 15. The molecule has 0 amide bonds. The van der Waals surface area contributed by atoms with Crippen LogP contribution in [0.15, 0.2) is 0 Å². The Morgan fingerprint density at radius 1 is 0.818 bits per heavy atom. The summed E-state index contributed by atoms with van der Waals surface area (Å²) >= 11 is 0. The van der Waals surface area contributed by atoms with Crippen LogP contribution in [0.2, 0.25) is 0 Å². The molecule has 0 aliphatic carbocycles. The van der Waals surface area contributed by atoms with Gasteiger partial charge in [0, 0.05) is 43.9 Å². The number of ether oxygens (including phenoxy) is 7. The quantitative estimate of drug-likeness (QED) is 0.240. The molecule has 3 aliphatic heterocycles. The largest absolute Gasteiger partial charge is 0.462 e. The Morgan fingerprint density at radius 3 is 1.93 bits per heavy atom. The average molecular weight is 788 g/mol. The molecular weight excluding hydrogens is 718 g/mol. The lowest BCUT2D eigenvalue weighted by molar-refractivity contribution is -0.317. The van der Waals surface area contributed by atoms with Gasteiger partial charge in [0.2, 0.25) is 0 Å². The monoisotopic (exact) mass is 787 g/mol. The van der Waals surface area contributed by atoms with Crippen LogP contribution in [0.25, 0.3) is 0 Å². The number of aliphatic hydroxyl groups excluding tert-OH is 1. The fraction of sp³-hybridized carbons (Fsp3) is 0.900. The Labute approximate surface area is 327 Å². The van der Waals surface area contributed by atoms with Gasteiger partial charge in [0.05, 0.1) is 48.1 Å². The van der Waals surface area contributed by atoms with Gasteiger partial charge in [-0.15, -0.1) is 0 Å². The lowest BCUT2D eigenvalue weighted by Crippen LogP contribution is -2.61. The molecule has 55 heavy (non-hydrogen) atoms. The molecule has 15 nitrogen and oxygen atoms in total. The molecule has 0 radical (unpaired) electrons. The summed E-state index contributed by atoms with van der Waals surface area (Å²) in [7, 11) is 3.71. The van der Waals surface area contributed by atoms with Crippen molar-refractivity contribution in [3.63, 3.8) is 0 Å². The lowest BCUT2D eigenvalue weighted by atomic mass is 9.74. The summed E-state index contributed by atoms with van der Waals surface area (Å²) in [5.41, 5.74) is -3.39. The first kappa shape index (κ1) is 47.1. The Hall–Kier alpha value is -2.24. The Morgan fingerprint density at radius 2 is 1.40 bits per heavy atom. The van der Waals surface area contributed by atoms with E-state index in [1.807, 2.05) is 32.8 Å². The van der Waals surface area contributed by atoms with Crippen molar-refractivity contribution >= 4 is 23.7 Å². The van der Waals surface area contributed by atoms with Crippen LogP contribution in [0.5, 0.6) is 0 Å². The molecule has 0 saturated carbocycles. The first-order valence-corrected chi connectivity index (χ1v) is 19.8. The van der Waals surface area contributed by atoms with Crippen molar-refractivity contribution in [3.05, 3.63) is 0 Å². The minimum absolute atomic E-state index is 0.109. The molecule has 3 fully saturated rings. The van der Waals surface area contributed by atoms with Crippen molar-refractivity contribution in [3.8, 4) is 0 Å². The van der Waals surface area contributed by atoms with Gasteiger partial charge >= 0.3 is 17.9 Å². The van der Waals surface area contributed by atoms with Crippen molar-refractivity contribution in [2.45, 2.75) is 187 Å². The maximum atomic E-state index is 14.2. The number of Topliss-reactive ketones (excluding diaryl/α,β-unsaturated/α-hetero) is 1. The van der Waals surface area contributed by atoms with Gasteiger partial charge in [-0.2, -0.15) is 0 Å². The number of cyclic esters (lactones) is 1. The highest BCUT2D eigenvalue weighted by Gasteiger charge is 2.53. The van der Waals surface area contributed by atoms with Crippen LogP contribution in [0.4, 0.5) is 0 Å². The minimum Gasteiger partial charge on any atom is -0.462 e. The summed E-state index contributed by atoms with van der Waals surface area (Å²) < 4.78 is 43.2. The van der Waals surface area contributed by atoms with Crippen LogP contribution < -0.4 is 0 Å². The van der Waals surface area contributed by atoms with E-state index in [2.05, 4.69) is 0 Å². The number of nitrogens with zero attached hydrogens (tertiary/aromatic N) is 1. The third kappa shape index (κ3) is 11.5. The van der Waals surface area contributed by atoms with Crippen molar-refractivity contribution in [1.29, 1.82) is 0 Å². The zero-order valence-electron chi connectivity index (χ0n) is 35.3. The van der Waals surface area contributed by atoms with Crippen LogP contribution in [-0.4, -0.2) is 137 Å². The molecule has 318 valence electrons. The molecule has 3 heterocycles. The molecule has 0 aromatic carbocycles. The molecule has 3 aliphatic rings. The van der Waals surface area contributed by atoms with E-state index in [0.717, 1.165) is 0 Å². The van der Waals surface area contributed by atoms with E-state index in [0.29, 0.717) is 12.8 Å². The van der Waals surface area contributed by atoms with E-state index in [9.17, 15) is 34.5 Å². The summed E-state index contributed by atoms with van der Waals surface area (Å²) in [4.78, 5) is 54.3. The third-order valence-electron chi connectivity index (χ3n) is 11.9. The summed E-state index contributed by atoms with van der Waals surface area (Å²) in [5.74, 6) is -6.20. The highest BCUT2D eigenvalue weighted by molar-refractivity contribution is 5.83. The number of carbonyl (C=O) groups is 4. The number of ketones is 1. The zero-order chi connectivity index (χ0) is 41.9. The summed E-state index contributed by atoms with van der Waals surface area (Å²) in [6, 6.07) is -0.322. The summed E-state index contributed by atoms with van der Waals surface area (Å²) in [6.45, 7) is 19.3. The summed E-state index contributed by atoms with van der Waals surface area (Å²) in [5, 5.41) is 35.4. The van der Waals surface area contributed by atoms with E-state index in [1.165, 1.54) is 27.7 Å². The van der Waals surface area contributed by atoms with Crippen molar-refractivity contribution in [2.75, 3.05) is 14.1 Å². The number of esters is 3. The second-order valence-corrected chi connectivity index (χ2v) is 17.2. The summed E-state index contributed by atoms with van der Waals surface area (Å²) in [6.07, 6.45) is -9.01. The van der Waals surface area contributed by atoms with Crippen molar-refractivity contribution in [1.82, 2.24) is 4.90 Å². The Balaban J connectivity index is 2.20. The number of carbonyl (C=O) groups excluding carboxylic acids is 4. The predicted molar refractivity (Wildman–Crippen MR) is 199 cm³/mol. The fourth-order valence-electron chi connectivity index (χ4n) is 8.87. The van der Waals surface area contributed by atoms with Crippen LogP contribution in [0.1, 0.15) is 109 Å². The highest BCUT2D eigenvalue weighted by atomic mass is 16.7. The number of aliphatic hydroxyl groups is 3. The topological polar surface area (TPSA) is 197 Å². The molecule has 0 unspecified atom stereocenters. The maximum Gasteiger partial charge on any atom is 0.311 e. The smallest absolute Gasteiger partial charge is 0.311 e. The van der Waals surface area contributed by atoms with Crippen molar-refractivity contribution < 1.29 is 67.7 Å². The normalized spacial score (nSPS) is 45.3. The molecule has 15 heteroatoms. The molecule has 3 saturated heterocycles. The predicted octanol–water partition coefficient (Wildman–Crippen LogP) is 3.16. The molecule has 18 atom stereocenters. The first-order valence-electron chi connectivity index (χ1n) is 19.8. The van der Waals surface area contributed by atoms with E-state index >= 15 is 0 Å². The lowest BCUT2D eigenvalue weighted by Gasteiger charge is -2.49. The van der Waals surface area contributed by atoms with Crippen LogP contribution in [0.3, 0.4) is 0 Å². The third-order valence-corrected chi connectivity index (χ3v) is 11.9. The van der Waals surface area contributed by atoms with Crippen LogP contribution in [-0.2, 0) is 52.3 Å². The fourth-order valence-corrected chi connectivity index (χ4v) is 8.87. The van der Waals surface area contributed by atoms with E-state index < -0.39 is 114 Å². The number of rotatable bonds is 8. The van der Waals surface area contributed by atoms with Gasteiger partial charge in [-0.1, -0.05) is 34.6 Å². The number of hydrogen-bond donors (Lipinski definition) is 3. The molecule has 3 rings (SSSR count). The highest BCUT2D eigenvalue weighted by Crippen LogP contribution is 2.40. The van der Waals surface area contributed by atoms with Gasteiger partial charge in [0.25, 0.3) is 0 Å². The van der Waals surface area contributed by atoms with E-state index in [-0.39, 0.29) is 30.8 Å². The Bertz CT molecular complexity index is 1320. The van der Waals surface area contributed by atoms with Crippen LogP contribution in [0, 0.1) is 29.6 Å². The molecule has 0 aromatic rings. The molecular formula is C40H69NO14. The van der Waals surface area contributed by atoms with E-state index in [1.54, 1.807) is 41.5 Å². The zero-order valence-corrected chi connectivity index (χ0v) is 35.3. The second-order valence-electron chi connectivity index (χ2n) is 17.2. The molecule has 0 aromatic heterocycles. The van der Waals surface area contributed by atoms with Crippen molar-refractivity contribution in [2.24, 2.45) is 29.6 Å². The molecule has 3 N–H and O–H groups in total. The average Bonchev–Trinajstić information content (AvgIpc) is 3.07. The second kappa shape index (κ2) is 19.0. The maximum absolute atomic E-state index is 14.2. The molecule has 0 spiro atoms. The van der Waals surface area contributed by atoms with Crippen LogP contribution >= 0.6 is 0 Å². The van der Waals surface area contributed by atoms with Gasteiger partial charge < -0.3 is 53.4 Å². The standard InChI is InChI=1S/C40H69NO14/c1-15-29-21(4)32(45)22(5)31(44)19(2)17-39(11,47)35(55-38-34(51-26(9)42)28(41(13)14)16-20(3)49-38)23(6)33(24(7)37(46)53-29)54-30-18-40(12,48)36(25(8)50-30)52-27(10)43/h19-25,28-30,32-36,38,45,47-48H,15-18H2,1-14H3/t19-,20-,21+,22+,23+,24-,25+,28+,29-,30+,32+,33+,34-,35-,36+,38+,39-,40-/m1/s1. The Kier molecular flexibility index (Phi) is 16.3. The number of likely N-dealkylation sites (N-methyl/N-ethyl adjacent to an activating group) is 1.